The zero-order valence-electron chi connectivity index (χ0n) is 6.14. The summed E-state index contributed by atoms with van der Waals surface area (Å²) in [5, 5.41) is 0.539. The monoisotopic (exact) mass is 190 g/mol. The van der Waals surface area contributed by atoms with Crippen molar-refractivity contribution in [3.05, 3.63) is 22.7 Å². The molecule has 11 heavy (non-hydrogen) atoms. The van der Waals surface area contributed by atoms with E-state index in [2.05, 4.69) is 9.97 Å². The maximum absolute atomic E-state index is 5.74. The van der Waals surface area contributed by atoms with Gasteiger partial charge in [0.15, 0.2) is 0 Å². The van der Waals surface area contributed by atoms with Crippen LogP contribution in [-0.2, 0) is 12.3 Å². The lowest BCUT2D eigenvalue weighted by molar-refractivity contribution is 0.912. The summed E-state index contributed by atoms with van der Waals surface area (Å²) in [4.78, 5) is 8.14. The smallest absolute Gasteiger partial charge is 0.128 e. The molecule has 0 bridgehead atoms. The molecule has 0 atom stereocenters. The van der Waals surface area contributed by atoms with Crippen molar-refractivity contribution >= 4 is 23.2 Å². The largest absolute Gasteiger partial charge is 0.240 e. The third-order valence-corrected chi connectivity index (χ3v) is 1.88. The van der Waals surface area contributed by atoms with E-state index in [1.807, 2.05) is 6.92 Å². The molecular weight excluding hydrogens is 183 g/mol. The Balaban J connectivity index is 3.02. The predicted molar refractivity (Wildman–Crippen MR) is 46.0 cm³/mol. The van der Waals surface area contributed by atoms with Crippen LogP contribution in [0, 0.1) is 0 Å². The van der Waals surface area contributed by atoms with Crippen LogP contribution in [0.5, 0.6) is 0 Å². The lowest BCUT2D eigenvalue weighted by atomic mass is 10.4. The van der Waals surface area contributed by atoms with Gasteiger partial charge in [-0.1, -0.05) is 18.5 Å². The topological polar surface area (TPSA) is 25.8 Å². The van der Waals surface area contributed by atoms with E-state index in [0.717, 1.165) is 12.2 Å². The van der Waals surface area contributed by atoms with Crippen molar-refractivity contribution in [1.29, 1.82) is 0 Å². The van der Waals surface area contributed by atoms with Gasteiger partial charge in [0.05, 0.1) is 16.6 Å². The Morgan fingerprint density at radius 3 is 2.82 bits per heavy atom. The fourth-order valence-electron chi connectivity index (χ4n) is 0.708. The van der Waals surface area contributed by atoms with Crippen LogP contribution in [0.4, 0.5) is 0 Å². The van der Waals surface area contributed by atoms with Crippen LogP contribution in [0.2, 0.25) is 5.02 Å². The summed E-state index contributed by atoms with van der Waals surface area (Å²) in [6, 6.07) is 0. The number of halogens is 2. The van der Waals surface area contributed by atoms with Gasteiger partial charge < -0.3 is 0 Å². The van der Waals surface area contributed by atoms with Crippen molar-refractivity contribution < 1.29 is 0 Å². The van der Waals surface area contributed by atoms with Gasteiger partial charge in [0.25, 0.3) is 0 Å². The summed E-state index contributed by atoms with van der Waals surface area (Å²) >= 11 is 11.3. The van der Waals surface area contributed by atoms with Crippen molar-refractivity contribution in [1.82, 2.24) is 9.97 Å². The molecule has 0 N–H and O–H groups in total. The quantitative estimate of drug-likeness (QED) is 0.671. The molecule has 0 amide bonds. The van der Waals surface area contributed by atoms with E-state index in [0.29, 0.717) is 16.6 Å². The Bertz CT molecular complexity index is 250. The van der Waals surface area contributed by atoms with Gasteiger partial charge >= 0.3 is 0 Å². The van der Waals surface area contributed by atoms with Gasteiger partial charge in [0.1, 0.15) is 5.82 Å². The van der Waals surface area contributed by atoms with E-state index in [4.69, 9.17) is 23.2 Å². The average molecular weight is 191 g/mol. The van der Waals surface area contributed by atoms with E-state index in [9.17, 15) is 0 Å². The van der Waals surface area contributed by atoms with Crippen molar-refractivity contribution in [3.8, 4) is 0 Å². The number of alkyl halides is 1. The fraction of sp³-hybridized carbons (Fsp3) is 0.429. The molecule has 1 aromatic heterocycles. The Hall–Kier alpha value is -0.340. The molecule has 1 aromatic rings. The van der Waals surface area contributed by atoms with Crippen LogP contribution >= 0.6 is 23.2 Å². The molecule has 2 nitrogen and oxygen atoms in total. The second kappa shape index (κ2) is 3.88. The highest BCUT2D eigenvalue weighted by Crippen LogP contribution is 2.13. The molecule has 0 fully saturated rings. The predicted octanol–water partition coefficient (Wildman–Crippen LogP) is 2.43. The number of hydrogen-bond acceptors (Lipinski definition) is 2. The Morgan fingerprint density at radius 1 is 1.55 bits per heavy atom. The maximum atomic E-state index is 5.74. The Morgan fingerprint density at radius 2 is 2.27 bits per heavy atom. The van der Waals surface area contributed by atoms with Gasteiger partial charge in [-0.2, -0.15) is 0 Å². The second-order valence-corrected chi connectivity index (χ2v) is 2.74. The molecule has 0 saturated heterocycles. The number of aromatic nitrogens is 2. The number of hydrogen-bond donors (Lipinski definition) is 0. The van der Waals surface area contributed by atoms with E-state index >= 15 is 0 Å². The van der Waals surface area contributed by atoms with Crippen LogP contribution in [0.3, 0.4) is 0 Å². The molecule has 4 heteroatoms. The standard InChI is InChI=1S/C7H8Cl2N2/c1-2-7-10-4-5(9)6(3-8)11-7/h4H,2-3H2,1H3. The Kier molecular flexibility index (Phi) is 3.09. The highest BCUT2D eigenvalue weighted by molar-refractivity contribution is 6.31. The summed E-state index contributed by atoms with van der Waals surface area (Å²) in [7, 11) is 0. The summed E-state index contributed by atoms with van der Waals surface area (Å²) in [5.74, 6) is 1.12. The van der Waals surface area contributed by atoms with Gasteiger partial charge in [0, 0.05) is 12.6 Å². The zero-order chi connectivity index (χ0) is 8.27. The minimum atomic E-state index is 0.342. The minimum absolute atomic E-state index is 0.342. The summed E-state index contributed by atoms with van der Waals surface area (Å²) in [5.41, 5.74) is 0.709. The first-order valence-electron chi connectivity index (χ1n) is 3.34. The van der Waals surface area contributed by atoms with E-state index in [1.165, 1.54) is 0 Å². The highest BCUT2D eigenvalue weighted by Gasteiger charge is 2.01. The molecule has 60 valence electrons. The van der Waals surface area contributed by atoms with Crippen molar-refractivity contribution in [3.63, 3.8) is 0 Å². The average Bonchev–Trinajstić information content (AvgIpc) is 2.05. The molecule has 1 rings (SSSR count). The second-order valence-electron chi connectivity index (χ2n) is 2.07. The molecule has 0 aliphatic heterocycles. The number of aryl methyl sites for hydroxylation is 1. The molecule has 0 saturated carbocycles. The third-order valence-electron chi connectivity index (χ3n) is 1.31. The van der Waals surface area contributed by atoms with Crippen molar-refractivity contribution in [2.75, 3.05) is 0 Å². The van der Waals surface area contributed by atoms with Crippen LogP contribution in [-0.4, -0.2) is 9.97 Å². The van der Waals surface area contributed by atoms with E-state index in [-0.39, 0.29) is 0 Å². The van der Waals surface area contributed by atoms with Gasteiger partial charge in [-0.15, -0.1) is 11.6 Å². The lowest BCUT2D eigenvalue weighted by Gasteiger charge is -1.99. The minimum Gasteiger partial charge on any atom is -0.240 e. The lowest BCUT2D eigenvalue weighted by Crippen LogP contribution is -1.96. The molecule has 0 aliphatic carbocycles. The van der Waals surface area contributed by atoms with Gasteiger partial charge in [0.2, 0.25) is 0 Å². The highest BCUT2D eigenvalue weighted by atomic mass is 35.5. The van der Waals surface area contributed by atoms with Crippen molar-refractivity contribution in [2.45, 2.75) is 19.2 Å². The van der Waals surface area contributed by atoms with Gasteiger partial charge in [-0.25, -0.2) is 9.97 Å². The van der Waals surface area contributed by atoms with E-state index in [1.54, 1.807) is 6.20 Å². The normalized spacial score (nSPS) is 10.1. The summed E-state index contributed by atoms with van der Waals surface area (Å²) in [6.07, 6.45) is 2.40. The van der Waals surface area contributed by atoms with Gasteiger partial charge in [-0.05, 0) is 0 Å². The summed E-state index contributed by atoms with van der Waals surface area (Å²) < 4.78 is 0. The molecule has 0 radical (unpaired) electrons. The molecule has 0 aliphatic rings. The van der Waals surface area contributed by atoms with Crippen LogP contribution in [0.1, 0.15) is 18.4 Å². The maximum Gasteiger partial charge on any atom is 0.128 e. The summed E-state index contributed by atoms with van der Waals surface area (Å²) in [6.45, 7) is 1.99. The third kappa shape index (κ3) is 2.04. The van der Waals surface area contributed by atoms with Crippen LogP contribution in [0.25, 0.3) is 0 Å². The molecule has 0 unspecified atom stereocenters. The van der Waals surface area contributed by atoms with Crippen LogP contribution in [0.15, 0.2) is 6.20 Å². The molecule has 1 heterocycles. The van der Waals surface area contributed by atoms with E-state index < -0.39 is 0 Å². The first kappa shape index (κ1) is 8.75. The van der Waals surface area contributed by atoms with Gasteiger partial charge in [-0.3, -0.25) is 0 Å². The molecule has 0 aromatic carbocycles. The van der Waals surface area contributed by atoms with Crippen LogP contribution < -0.4 is 0 Å². The SMILES string of the molecule is CCc1ncc(Cl)c(CCl)n1. The zero-order valence-corrected chi connectivity index (χ0v) is 7.65. The fourth-order valence-corrected chi connectivity index (χ4v) is 1.14. The first-order chi connectivity index (χ1) is 5.27. The molecular formula is C7H8Cl2N2. The number of nitrogens with zero attached hydrogens (tertiary/aromatic N) is 2. The molecule has 0 spiro atoms. The van der Waals surface area contributed by atoms with Crippen molar-refractivity contribution in [2.24, 2.45) is 0 Å². The number of rotatable bonds is 2. The Labute approximate surface area is 75.6 Å². The first-order valence-corrected chi connectivity index (χ1v) is 4.25.